The molecule has 0 spiro atoms. The second-order valence-corrected chi connectivity index (χ2v) is 8.71. The zero-order valence-corrected chi connectivity index (χ0v) is 19.3. The molecule has 0 bridgehead atoms. The van der Waals surface area contributed by atoms with Gasteiger partial charge in [-0.1, -0.05) is 41.4 Å². The molecular formula is C22H17Cl2N5O2S. The maximum absolute atomic E-state index is 12.6. The van der Waals surface area contributed by atoms with Crippen LogP contribution in [0.15, 0.2) is 59.8 Å². The minimum atomic E-state index is -0.410. The molecule has 162 valence electrons. The minimum absolute atomic E-state index is 0.254. The van der Waals surface area contributed by atoms with Crippen molar-refractivity contribution >= 4 is 67.8 Å². The van der Waals surface area contributed by atoms with Gasteiger partial charge in [-0.3, -0.25) is 14.3 Å². The molecule has 2 amide bonds. The lowest BCUT2D eigenvalue weighted by atomic mass is 10.1. The third kappa shape index (κ3) is 4.38. The van der Waals surface area contributed by atoms with Gasteiger partial charge in [0.2, 0.25) is 0 Å². The summed E-state index contributed by atoms with van der Waals surface area (Å²) in [6, 6.07) is 14.2. The summed E-state index contributed by atoms with van der Waals surface area (Å²) in [6.07, 6.45) is 1.56. The number of carbonyl (C=O) groups is 2. The first-order chi connectivity index (χ1) is 15.3. The zero-order valence-electron chi connectivity index (χ0n) is 17.0. The van der Waals surface area contributed by atoms with Crippen molar-refractivity contribution in [2.45, 2.75) is 6.92 Å². The van der Waals surface area contributed by atoms with E-state index in [1.807, 2.05) is 12.1 Å². The molecular weight excluding hydrogens is 469 g/mol. The van der Waals surface area contributed by atoms with Crippen LogP contribution in [-0.4, -0.2) is 27.3 Å². The van der Waals surface area contributed by atoms with Crippen molar-refractivity contribution in [1.82, 2.24) is 15.2 Å². The van der Waals surface area contributed by atoms with Gasteiger partial charge in [0.25, 0.3) is 11.8 Å². The van der Waals surface area contributed by atoms with Gasteiger partial charge in [0.15, 0.2) is 0 Å². The quantitative estimate of drug-likeness (QED) is 0.295. The van der Waals surface area contributed by atoms with E-state index in [1.54, 1.807) is 56.6 Å². The molecule has 4 aromatic rings. The standard InChI is InChI=1S/C22H17Cl2N5O2S/c1-12(13-6-8-14(9-7-13)26-21(30)16-10-11-25-29(16)2)27-28-22(31)20-19(24)18-15(23)4-3-5-17(18)32-20/h3-11H,1-2H3,(H,26,30)(H,28,31). The van der Waals surface area contributed by atoms with E-state index in [0.717, 1.165) is 10.3 Å². The first kappa shape index (κ1) is 22.0. The highest BCUT2D eigenvalue weighted by Gasteiger charge is 2.18. The Bertz CT molecular complexity index is 1360. The maximum atomic E-state index is 12.6. The number of hydrogen-bond donors (Lipinski definition) is 2. The van der Waals surface area contributed by atoms with Gasteiger partial charge in [-0.15, -0.1) is 11.3 Å². The molecule has 0 saturated carbocycles. The van der Waals surface area contributed by atoms with Crippen LogP contribution in [-0.2, 0) is 7.05 Å². The molecule has 10 heteroatoms. The minimum Gasteiger partial charge on any atom is -0.321 e. The number of anilines is 1. The van der Waals surface area contributed by atoms with Crippen LogP contribution in [0.4, 0.5) is 5.69 Å². The van der Waals surface area contributed by atoms with Gasteiger partial charge in [0.1, 0.15) is 10.6 Å². The van der Waals surface area contributed by atoms with E-state index in [9.17, 15) is 9.59 Å². The average Bonchev–Trinajstić information content (AvgIpc) is 3.36. The van der Waals surface area contributed by atoms with Crippen LogP contribution < -0.4 is 10.7 Å². The average molecular weight is 486 g/mol. The molecule has 2 N–H and O–H groups in total. The van der Waals surface area contributed by atoms with Crippen LogP contribution in [0.5, 0.6) is 0 Å². The number of hydrogen-bond acceptors (Lipinski definition) is 5. The summed E-state index contributed by atoms with van der Waals surface area (Å²) in [4.78, 5) is 25.2. The molecule has 0 unspecified atom stereocenters. The Morgan fingerprint density at radius 1 is 1.06 bits per heavy atom. The second kappa shape index (κ2) is 9.12. The molecule has 2 aromatic carbocycles. The van der Waals surface area contributed by atoms with E-state index < -0.39 is 5.91 Å². The number of fused-ring (bicyclic) bond motifs is 1. The molecule has 4 rings (SSSR count). The summed E-state index contributed by atoms with van der Waals surface area (Å²) in [5, 5.41) is 12.5. The Morgan fingerprint density at radius 2 is 1.81 bits per heavy atom. The van der Waals surface area contributed by atoms with E-state index in [2.05, 4.69) is 20.9 Å². The first-order valence-corrected chi connectivity index (χ1v) is 11.0. The summed E-state index contributed by atoms with van der Waals surface area (Å²) >= 11 is 13.8. The second-order valence-electron chi connectivity index (χ2n) is 6.87. The Hall–Kier alpha value is -3.20. The molecule has 2 aromatic heterocycles. The molecule has 0 atom stereocenters. The molecule has 0 aliphatic rings. The van der Waals surface area contributed by atoms with Crippen LogP contribution in [0, 0.1) is 0 Å². The smallest absolute Gasteiger partial charge is 0.283 e. The number of aromatic nitrogens is 2. The molecule has 0 fully saturated rings. The van der Waals surface area contributed by atoms with Crippen molar-refractivity contribution in [1.29, 1.82) is 0 Å². The van der Waals surface area contributed by atoms with Crippen molar-refractivity contribution in [3.05, 3.63) is 80.9 Å². The Balaban J connectivity index is 1.45. The Kier molecular flexibility index (Phi) is 6.27. The van der Waals surface area contributed by atoms with E-state index >= 15 is 0 Å². The number of rotatable bonds is 5. The van der Waals surface area contributed by atoms with Crippen molar-refractivity contribution in [2.75, 3.05) is 5.32 Å². The number of aryl methyl sites for hydroxylation is 1. The molecule has 0 aliphatic heterocycles. The van der Waals surface area contributed by atoms with E-state index in [-0.39, 0.29) is 5.91 Å². The summed E-state index contributed by atoms with van der Waals surface area (Å²) in [5.41, 5.74) is 5.01. The van der Waals surface area contributed by atoms with Gasteiger partial charge < -0.3 is 5.32 Å². The highest BCUT2D eigenvalue weighted by molar-refractivity contribution is 7.21. The van der Waals surface area contributed by atoms with E-state index in [0.29, 0.717) is 37.4 Å². The third-order valence-electron chi connectivity index (χ3n) is 4.75. The number of amides is 2. The number of nitrogens with zero attached hydrogens (tertiary/aromatic N) is 3. The zero-order chi connectivity index (χ0) is 22.8. The largest absolute Gasteiger partial charge is 0.321 e. The molecule has 32 heavy (non-hydrogen) atoms. The van der Waals surface area contributed by atoms with E-state index in [4.69, 9.17) is 23.2 Å². The fraction of sp³-hybridized carbons (Fsp3) is 0.0909. The fourth-order valence-corrected chi connectivity index (χ4v) is 4.90. The van der Waals surface area contributed by atoms with Crippen molar-refractivity contribution in [3.8, 4) is 0 Å². The normalized spacial score (nSPS) is 11.6. The predicted molar refractivity (Wildman–Crippen MR) is 129 cm³/mol. The summed E-state index contributed by atoms with van der Waals surface area (Å²) in [6.45, 7) is 1.77. The molecule has 2 heterocycles. The van der Waals surface area contributed by atoms with Gasteiger partial charge in [0, 0.05) is 29.0 Å². The fourth-order valence-electron chi connectivity index (χ4n) is 3.05. The Labute approximate surface area is 197 Å². The van der Waals surface area contributed by atoms with Crippen molar-refractivity contribution in [2.24, 2.45) is 12.1 Å². The predicted octanol–water partition coefficient (Wildman–Crippen LogP) is 5.35. The summed E-state index contributed by atoms with van der Waals surface area (Å²) < 4.78 is 2.33. The van der Waals surface area contributed by atoms with Gasteiger partial charge in [-0.05, 0) is 42.8 Å². The highest BCUT2D eigenvalue weighted by atomic mass is 35.5. The van der Waals surface area contributed by atoms with Gasteiger partial charge >= 0.3 is 0 Å². The van der Waals surface area contributed by atoms with Gasteiger partial charge in [0.05, 0.1) is 15.8 Å². The number of benzene rings is 2. The molecule has 7 nitrogen and oxygen atoms in total. The lowest BCUT2D eigenvalue weighted by molar-refractivity contribution is 0.0958. The Morgan fingerprint density at radius 3 is 2.47 bits per heavy atom. The number of carbonyl (C=O) groups excluding carboxylic acids is 2. The summed E-state index contributed by atoms with van der Waals surface area (Å²) in [5.74, 6) is -0.664. The number of nitrogens with one attached hydrogen (secondary N) is 2. The van der Waals surface area contributed by atoms with E-state index in [1.165, 1.54) is 16.0 Å². The number of halogens is 2. The first-order valence-electron chi connectivity index (χ1n) is 9.46. The van der Waals surface area contributed by atoms with Crippen LogP contribution in [0.2, 0.25) is 10.0 Å². The van der Waals surface area contributed by atoms with Crippen LogP contribution in [0.3, 0.4) is 0 Å². The van der Waals surface area contributed by atoms with Crippen LogP contribution in [0.25, 0.3) is 10.1 Å². The van der Waals surface area contributed by atoms with Crippen LogP contribution in [0.1, 0.15) is 32.6 Å². The van der Waals surface area contributed by atoms with Gasteiger partial charge in [-0.25, -0.2) is 5.43 Å². The van der Waals surface area contributed by atoms with Gasteiger partial charge in [-0.2, -0.15) is 10.2 Å². The molecule has 0 radical (unpaired) electrons. The third-order valence-corrected chi connectivity index (χ3v) is 6.71. The lowest BCUT2D eigenvalue weighted by Gasteiger charge is -2.07. The monoisotopic (exact) mass is 485 g/mol. The topological polar surface area (TPSA) is 88.4 Å². The van der Waals surface area contributed by atoms with Crippen molar-refractivity contribution < 1.29 is 9.59 Å². The SMILES string of the molecule is CC(=NNC(=O)c1sc2cccc(Cl)c2c1Cl)c1ccc(NC(=O)c2ccnn2C)cc1. The van der Waals surface area contributed by atoms with Crippen LogP contribution >= 0.6 is 34.5 Å². The molecule has 0 aliphatic carbocycles. The molecule has 0 saturated heterocycles. The number of hydrazone groups is 1. The lowest BCUT2D eigenvalue weighted by Crippen LogP contribution is -2.18. The highest BCUT2D eigenvalue weighted by Crippen LogP contribution is 2.39. The summed E-state index contributed by atoms with van der Waals surface area (Å²) in [7, 11) is 1.70. The van der Waals surface area contributed by atoms with Crippen molar-refractivity contribution in [3.63, 3.8) is 0 Å². The number of thiophene rings is 1. The maximum Gasteiger partial charge on any atom is 0.283 e.